The minimum atomic E-state index is -0.250. The molecule has 0 aromatic heterocycles. The van der Waals surface area contributed by atoms with Crippen LogP contribution in [0, 0.1) is 5.82 Å². The number of amides is 1. The number of hydrogen-bond donors (Lipinski definition) is 0. The molecule has 138 valence electrons. The number of hydrogen-bond acceptors (Lipinski definition) is 2. The highest BCUT2D eigenvalue weighted by Crippen LogP contribution is 2.30. The minimum absolute atomic E-state index is 0.00913. The molecule has 0 aliphatic heterocycles. The third kappa shape index (κ3) is 4.50. The molecule has 26 heavy (non-hydrogen) atoms. The van der Waals surface area contributed by atoms with Crippen molar-refractivity contribution in [2.24, 2.45) is 0 Å². The van der Waals surface area contributed by atoms with E-state index < -0.39 is 0 Å². The Hall–Kier alpha value is -2.20. The van der Waals surface area contributed by atoms with Crippen LogP contribution in [0.3, 0.4) is 0 Å². The van der Waals surface area contributed by atoms with E-state index in [-0.39, 0.29) is 17.8 Å². The van der Waals surface area contributed by atoms with Crippen molar-refractivity contribution in [1.82, 2.24) is 9.80 Å². The second-order valence-corrected chi connectivity index (χ2v) is 6.91. The highest BCUT2D eigenvalue weighted by Gasteiger charge is 2.33. The maximum absolute atomic E-state index is 14.0. The fourth-order valence-corrected chi connectivity index (χ4v) is 3.19. The van der Waals surface area contributed by atoms with Gasteiger partial charge in [0.15, 0.2) is 0 Å². The second-order valence-electron chi connectivity index (χ2n) is 6.91. The van der Waals surface area contributed by atoms with Crippen molar-refractivity contribution in [3.63, 3.8) is 0 Å². The molecule has 0 heterocycles. The Morgan fingerprint density at radius 1 is 1.00 bits per heavy atom. The average molecular weight is 354 g/mol. The van der Waals surface area contributed by atoms with Crippen LogP contribution in [0.1, 0.15) is 48.2 Å². The summed E-state index contributed by atoms with van der Waals surface area (Å²) in [5.74, 6) is -0.259. The molecule has 0 radical (unpaired) electrons. The van der Waals surface area contributed by atoms with Crippen LogP contribution in [0.25, 0.3) is 0 Å². The summed E-state index contributed by atoms with van der Waals surface area (Å²) in [5.41, 5.74) is 2.46. The zero-order valence-electron chi connectivity index (χ0n) is 15.6. The Labute approximate surface area is 155 Å². The highest BCUT2D eigenvalue weighted by molar-refractivity contribution is 5.94. The van der Waals surface area contributed by atoms with Gasteiger partial charge in [0.25, 0.3) is 5.91 Å². The Morgan fingerprint density at radius 3 is 2.23 bits per heavy atom. The average Bonchev–Trinajstić information content (AvgIpc) is 3.50. The number of benzene rings is 2. The SMILES string of the molecule is CCN(CC)Cc1ccc(C(=O)N(Cc2ccccc2F)C2CC2)cc1. The smallest absolute Gasteiger partial charge is 0.254 e. The number of carbonyl (C=O) groups excluding carboxylic acids is 1. The lowest BCUT2D eigenvalue weighted by molar-refractivity contribution is 0.0728. The molecule has 1 aliphatic carbocycles. The van der Waals surface area contributed by atoms with Crippen molar-refractivity contribution < 1.29 is 9.18 Å². The number of nitrogens with zero attached hydrogens (tertiary/aromatic N) is 2. The summed E-state index contributed by atoms with van der Waals surface area (Å²) >= 11 is 0. The first-order valence-electron chi connectivity index (χ1n) is 9.48. The molecule has 1 saturated carbocycles. The Kier molecular flexibility index (Phi) is 6.04. The van der Waals surface area contributed by atoms with Gasteiger partial charge in [-0.05, 0) is 49.7 Å². The first kappa shape index (κ1) is 18.6. The topological polar surface area (TPSA) is 23.6 Å². The van der Waals surface area contributed by atoms with Gasteiger partial charge in [0, 0.05) is 30.3 Å². The van der Waals surface area contributed by atoms with Crippen molar-refractivity contribution in [3.8, 4) is 0 Å². The van der Waals surface area contributed by atoms with Gasteiger partial charge < -0.3 is 4.90 Å². The molecular weight excluding hydrogens is 327 g/mol. The standard InChI is InChI=1S/C22H27FN2O/c1-3-24(4-2)15-17-9-11-18(12-10-17)22(26)25(20-13-14-20)16-19-7-5-6-8-21(19)23/h5-12,20H,3-4,13-16H2,1-2H3. The minimum Gasteiger partial charge on any atom is -0.331 e. The van der Waals surface area contributed by atoms with E-state index in [1.165, 1.54) is 11.6 Å². The molecule has 3 nitrogen and oxygen atoms in total. The molecule has 0 saturated heterocycles. The van der Waals surface area contributed by atoms with E-state index in [9.17, 15) is 9.18 Å². The van der Waals surface area contributed by atoms with Crippen molar-refractivity contribution in [3.05, 3.63) is 71.0 Å². The summed E-state index contributed by atoms with van der Waals surface area (Å²) in [6.45, 7) is 7.54. The largest absolute Gasteiger partial charge is 0.331 e. The zero-order valence-corrected chi connectivity index (χ0v) is 15.6. The highest BCUT2D eigenvalue weighted by atomic mass is 19.1. The monoisotopic (exact) mass is 354 g/mol. The van der Waals surface area contributed by atoms with Gasteiger partial charge in [-0.3, -0.25) is 9.69 Å². The van der Waals surface area contributed by atoms with Gasteiger partial charge in [-0.1, -0.05) is 44.2 Å². The van der Waals surface area contributed by atoms with Crippen LogP contribution in [0.15, 0.2) is 48.5 Å². The van der Waals surface area contributed by atoms with Crippen molar-refractivity contribution in [1.29, 1.82) is 0 Å². The molecule has 0 spiro atoms. The van der Waals surface area contributed by atoms with Gasteiger partial charge in [0.2, 0.25) is 0 Å². The summed E-state index contributed by atoms with van der Waals surface area (Å²) in [6, 6.07) is 14.8. The molecule has 1 amide bonds. The molecule has 0 bridgehead atoms. The fourth-order valence-electron chi connectivity index (χ4n) is 3.19. The molecule has 2 aromatic rings. The first-order valence-corrected chi connectivity index (χ1v) is 9.48. The van der Waals surface area contributed by atoms with E-state index in [4.69, 9.17) is 0 Å². The normalized spacial score (nSPS) is 13.8. The summed E-state index contributed by atoms with van der Waals surface area (Å²) < 4.78 is 14.0. The molecule has 0 unspecified atom stereocenters. The quantitative estimate of drug-likeness (QED) is 0.698. The molecule has 3 rings (SSSR count). The number of halogens is 1. The maximum Gasteiger partial charge on any atom is 0.254 e. The van der Waals surface area contributed by atoms with Gasteiger partial charge in [0.05, 0.1) is 0 Å². The van der Waals surface area contributed by atoms with E-state index in [1.807, 2.05) is 35.2 Å². The number of rotatable bonds is 8. The van der Waals surface area contributed by atoms with Crippen LogP contribution in [-0.2, 0) is 13.1 Å². The Bertz CT molecular complexity index is 736. The van der Waals surface area contributed by atoms with Crippen LogP contribution in [-0.4, -0.2) is 34.8 Å². The Morgan fingerprint density at radius 2 is 1.65 bits per heavy atom. The lowest BCUT2D eigenvalue weighted by Gasteiger charge is -2.23. The van der Waals surface area contributed by atoms with Crippen LogP contribution in [0.5, 0.6) is 0 Å². The summed E-state index contributed by atoms with van der Waals surface area (Å²) in [5, 5.41) is 0. The van der Waals surface area contributed by atoms with E-state index in [0.29, 0.717) is 17.7 Å². The third-order valence-corrected chi connectivity index (χ3v) is 5.05. The summed E-state index contributed by atoms with van der Waals surface area (Å²) in [6.07, 6.45) is 2.00. The lowest BCUT2D eigenvalue weighted by Crippen LogP contribution is -2.33. The first-order chi connectivity index (χ1) is 12.6. The van der Waals surface area contributed by atoms with Gasteiger partial charge in [-0.2, -0.15) is 0 Å². The lowest BCUT2D eigenvalue weighted by atomic mass is 10.1. The predicted molar refractivity (Wildman–Crippen MR) is 102 cm³/mol. The maximum atomic E-state index is 14.0. The van der Waals surface area contributed by atoms with Gasteiger partial charge in [-0.25, -0.2) is 4.39 Å². The molecule has 4 heteroatoms. The van der Waals surface area contributed by atoms with Crippen LogP contribution in [0.2, 0.25) is 0 Å². The van der Waals surface area contributed by atoms with E-state index in [1.54, 1.807) is 12.1 Å². The molecule has 0 N–H and O–H groups in total. The fraction of sp³-hybridized carbons (Fsp3) is 0.409. The summed E-state index contributed by atoms with van der Waals surface area (Å²) in [4.78, 5) is 17.1. The van der Waals surface area contributed by atoms with Gasteiger partial charge >= 0.3 is 0 Å². The zero-order chi connectivity index (χ0) is 18.5. The predicted octanol–water partition coefficient (Wildman–Crippen LogP) is 4.47. The number of carbonyl (C=O) groups is 1. The molecule has 2 aromatic carbocycles. The van der Waals surface area contributed by atoms with Crippen molar-refractivity contribution >= 4 is 5.91 Å². The van der Waals surface area contributed by atoms with E-state index in [0.717, 1.165) is 32.5 Å². The van der Waals surface area contributed by atoms with Gasteiger partial charge in [-0.15, -0.1) is 0 Å². The van der Waals surface area contributed by atoms with Crippen LogP contribution in [0.4, 0.5) is 4.39 Å². The molecule has 1 aliphatic rings. The van der Waals surface area contributed by atoms with Crippen molar-refractivity contribution in [2.75, 3.05) is 13.1 Å². The van der Waals surface area contributed by atoms with Gasteiger partial charge in [0.1, 0.15) is 5.82 Å². The Balaban J connectivity index is 1.72. The second kappa shape index (κ2) is 8.45. The van der Waals surface area contributed by atoms with E-state index in [2.05, 4.69) is 18.7 Å². The molecule has 1 fully saturated rings. The third-order valence-electron chi connectivity index (χ3n) is 5.05. The molecule has 0 atom stereocenters. The van der Waals surface area contributed by atoms with Crippen LogP contribution < -0.4 is 0 Å². The summed E-state index contributed by atoms with van der Waals surface area (Å²) in [7, 11) is 0. The molecular formula is C22H27FN2O. The van der Waals surface area contributed by atoms with Crippen molar-refractivity contribution in [2.45, 2.75) is 45.8 Å². The van der Waals surface area contributed by atoms with E-state index >= 15 is 0 Å². The van der Waals surface area contributed by atoms with Crippen LogP contribution >= 0.6 is 0 Å².